The molecular weight excluding hydrogens is 393 g/mol. The van der Waals surface area contributed by atoms with Crippen LogP contribution in [-0.2, 0) is 17.6 Å². The van der Waals surface area contributed by atoms with Crippen LogP contribution in [-0.4, -0.2) is 42.8 Å². The van der Waals surface area contributed by atoms with Gasteiger partial charge in [0, 0.05) is 44.6 Å². The van der Waals surface area contributed by atoms with Gasteiger partial charge in [0.05, 0.1) is 5.69 Å². The van der Waals surface area contributed by atoms with Gasteiger partial charge in [0.1, 0.15) is 17.4 Å². The molecule has 2 aromatic rings. The molecule has 1 saturated heterocycles. The van der Waals surface area contributed by atoms with E-state index in [0.29, 0.717) is 37.4 Å². The van der Waals surface area contributed by atoms with Gasteiger partial charge in [-0.1, -0.05) is 18.2 Å². The minimum atomic E-state index is -0.529. The van der Waals surface area contributed by atoms with Crippen molar-refractivity contribution in [3.05, 3.63) is 64.5 Å². The lowest BCUT2D eigenvalue weighted by atomic mass is 9.89. The number of Topliss-reactive ketones (excluding diaryl/α,β-unsaturated/α-hetero) is 1. The van der Waals surface area contributed by atoms with Gasteiger partial charge in [0.15, 0.2) is 5.78 Å². The zero-order valence-corrected chi connectivity index (χ0v) is 17.6. The quantitative estimate of drug-likeness (QED) is 0.690. The Balaban J connectivity index is 1.30. The van der Waals surface area contributed by atoms with E-state index in [2.05, 4.69) is 6.07 Å². The molecule has 1 aliphatic heterocycles. The third kappa shape index (κ3) is 4.61. The van der Waals surface area contributed by atoms with Gasteiger partial charge in [-0.15, -0.1) is 0 Å². The second kappa shape index (κ2) is 9.30. The number of anilines is 1. The monoisotopic (exact) mass is 419 g/mol. The minimum Gasteiger partial charge on any atom is -0.367 e. The average Bonchev–Trinajstić information content (AvgIpc) is 2.82. The molecule has 1 heterocycles. The second-order valence-electron chi connectivity index (χ2n) is 8.23. The van der Waals surface area contributed by atoms with Crippen molar-refractivity contribution in [1.29, 1.82) is 5.26 Å². The summed E-state index contributed by atoms with van der Waals surface area (Å²) in [6.45, 7) is 2.05. The number of hydrogen-bond donors (Lipinski definition) is 0. The van der Waals surface area contributed by atoms with Crippen molar-refractivity contribution < 1.29 is 14.0 Å². The number of amides is 1. The minimum absolute atomic E-state index is 0.0128. The van der Waals surface area contributed by atoms with Crippen LogP contribution < -0.4 is 4.90 Å². The van der Waals surface area contributed by atoms with Crippen LogP contribution in [0.2, 0.25) is 0 Å². The highest BCUT2D eigenvalue weighted by molar-refractivity contribution is 5.98. The summed E-state index contributed by atoms with van der Waals surface area (Å²) >= 11 is 0. The summed E-state index contributed by atoms with van der Waals surface area (Å²) in [6.07, 6.45) is 4.89. The third-order valence-electron chi connectivity index (χ3n) is 6.31. The lowest BCUT2D eigenvalue weighted by Gasteiger charge is -2.36. The van der Waals surface area contributed by atoms with Crippen molar-refractivity contribution in [2.24, 2.45) is 0 Å². The van der Waals surface area contributed by atoms with Crippen molar-refractivity contribution in [2.45, 2.75) is 38.5 Å². The number of piperazine rings is 1. The molecule has 1 fully saturated rings. The lowest BCUT2D eigenvalue weighted by molar-refractivity contribution is -0.131. The Bertz CT molecular complexity index is 1040. The number of halogens is 1. The SMILES string of the molecule is N#Cc1c(F)cccc1N1CCN(C(=O)CCC(=O)c2ccc3c(c2)CCCC3)CC1. The van der Waals surface area contributed by atoms with Crippen LogP contribution in [0.4, 0.5) is 10.1 Å². The Morgan fingerprint density at radius 1 is 0.968 bits per heavy atom. The number of benzene rings is 2. The number of nitrogens with zero attached hydrogens (tertiary/aromatic N) is 3. The van der Waals surface area contributed by atoms with Gasteiger partial charge >= 0.3 is 0 Å². The molecule has 6 heteroatoms. The van der Waals surface area contributed by atoms with Crippen molar-refractivity contribution in [3.63, 3.8) is 0 Å². The number of carbonyl (C=O) groups excluding carboxylic acids is 2. The van der Waals surface area contributed by atoms with E-state index in [-0.39, 0.29) is 30.1 Å². The van der Waals surface area contributed by atoms with Gasteiger partial charge in [0.2, 0.25) is 5.91 Å². The number of nitriles is 1. The molecule has 1 amide bonds. The third-order valence-corrected chi connectivity index (χ3v) is 6.31. The molecule has 0 saturated carbocycles. The van der Waals surface area contributed by atoms with E-state index in [1.54, 1.807) is 17.0 Å². The molecule has 31 heavy (non-hydrogen) atoms. The first kappa shape index (κ1) is 21.0. The summed E-state index contributed by atoms with van der Waals surface area (Å²) in [5.74, 6) is -0.552. The van der Waals surface area contributed by atoms with Gasteiger partial charge in [-0.2, -0.15) is 5.26 Å². The van der Waals surface area contributed by atoms with Crippen LogP contribution in [0.1, 0.15) is 52.7 Å². The van der Waals surface area contributed by atoms with Crippen molar-refractivity contribution >= 4 is 17.4 Å². The highest BCUT2D eigenvalue weighted by Gasteiger charge is 2.24. The molecule has 0 aromatic heterocycles. The first-order valence-electron chi connectivity index (χ1n) is 10.9. The molecule has 2 aliphatic rings. The molecule has 1 aliphatic carbocycles. The summed E-state index contributed by atoms with van der Waals surface area (Å²) in [4.78, 5) is 28.9. The Hall–Kier alpha value is -3.20. The Morgan fingerprint density at radius 3 is 2.45 bits per heavy atom. The maximum Gasteiger partial charge on any atom is 0.223 e. The van der Waals surface area contributed by atoms with E-state index in [0.717, 1.165) is 12.8 Å². The summed E-state index contributed by atoms with van der Waals surface area (Å²) < 4.78 is 13.9. The predicted octanol–water partition coefficient (Wildman–Crippen LogP) is 3.89. The number of rotatable bonds is 5. The van der Waals surface area contributed by atoms with Gasteiger partial charge in [-0.25, -0.2) is 4.39 Å². The van der Waals surface area contributed by atoms with Gasteiger partial charge < -0.3 is 9.80 Å². The van der Waals surface area contributed by atoms with E-state index in [1.807, 2.05) is 23.1 Å². The molecule has 2 aromatic carbocycles. The number of carbonyl (C=O) groups is 2. The van der Waals surface area contributed by atoms with Crippen LogP contribution in [0.3, 0.4) is 0 Å². The standard InChI is InChI=1S/C25H26FN3O2/c26-22-6-3-7-23(21(22)17-27)28-12-14-29(15-13-28)25(31)11-10-24(30)20-9-8-18-4-1-2-5-19(18)16-20/h3,6-9,16H,1-2,4-5,10-15H2. The van der Waals surface area contributed by atoms with Gasteiger partial charge in [0.25, 0.3) is 0 Å². The van der Waals surface area contributed by atoms with Crippen LogP contribution in [0.25, 0.3) is 0 Å². The molecule has 160 valence electrons. The molecule has 5 nitrogen and oxygen atoms in total. The maximum absolute atomic E-state index is 13.9. The Morgan fingerprint density at radius 2 is 1.71 bits per heavy atom. The summed E-state index contributed by atoms with van der Waals surface area (Å²) in [5, 5.41) is 9.24. The number of aryl methyl sites for hydroxylation is 2. The van der Waals surface area contributed by atoms with E-state index >= 15 is 0 Å². The molecule has 0 bridgehead atoms. The van der Waals surface area contributed by atoms with Crippen molar-refractivity contribution in [1.82, 2.24) is 4.90 Å². The van der Waals surface area contributed by atoms with E-state index in [9.17, 15) is 19.2 Å². The molecule has 0 spiro atoms. The van der Waals surface area contributed by atoms with E-state index in [1.165, 1.54) is 30.0 Å². The largest absolute Gasteiger partial charge is 0.367 e. The fraction of sp³-hybridized carbons (Fsp3) is 0.400. The maximum atomic E-state index is 13.9. The molecule has 0 atom stereocenters. The molecule has 0 N–H and O–H groups in total. The Labute approximate surface area is 182 Å². The fourth-order valence-electron chi connectivity index (χ4n) is 4.51. The topological polar surface area (TPSA) is 64.4 Å². The summed E-state index contributed by atoms with van der Waals surface area (Å²) in [7, 11) is 0. The summed E-state index contributed by atoms with van der Waals surface area (Å²) in [5.41, 5.74) is 3.92. The van der Waals surface area contributed by atoms with Crippen molar-refractivity contribution in [2.75, 3.05) is 31.1 Å². The van der Waals surface area contributed by atoms with Crippen LogP contribution in [0.5, 0.6) is 0 Å². The highest BCUT2D eigenvalue weighted by Crippen LogP contribution is 2.25. The van der Waals surface area contributed by atoms with Gasteiger partial charge in [-0.05, 0) is 55.0 Å². The molecule has 4 rings (SSSR count). The van der Waals surface area contributed by atoms with Crippen molar-refractivity contribution in [3.8, 4) is 6.07 Å². The lowest BCUT2D eigenvalue weighted by Crippen LogP contribution is -2.49. The van der Waals surface area contributed by atoms with Crippen LogP contribution >= 0.6 is 0 Å². The first-order chi connectivity index (χ1) is 15.1. The number of ketones is 1. The zero-order chi connectivity index (χ0) is 21.8. The summed E-state index contributed by atoms with van der Waals surface area (Å²) in [6, 6.07) is 12.5. The fourth-order valence-corrected chi connectivity index (χ4v) is 4.51. The first-order valence-corrected chi connectivity index (χ1v) is 10.9. The Kier molecular flexibility index (Phi) is 6.31. The average molecular weight is 420 g/mol. The van der Waals surface area contributed by atoms with Gasteiger partial charge in [-0.3, -0.25) is 9.59 Å². The number of fused-ring (bicyclic) bond motifs is 1. The molecule has 0 unspecified atom stereocenters. The zero-order valence-electron chi connectivity index (χ0n) is 17.6. The highest BCUT2D eigenvalue weighted by atomic mass is 19.1. The second-order valence-corrected chi connectivity index (χ2v) is 8.23. The number of hydrogen-bond acceptors (Lipinski definition) is 4. The van der Waals surface area contributed by atoms with E-state index < -0.39 is 5.82 Å². The van der Waals surface area contributed by atoms with Crippen LogP contribution in [0.15, 0.2) is 36.4 Å². The molecular formula is C25H26FN3O2. The smallest absolute Gasteiger partial charge is 0.223 e. The molecule has 0 radical (unpaired) electrons. The van der Waals surface area contributed by atoms with E-state index in [4.69, 9.17) is 0 Å². The van der Waals surface area contributed by atoms with Crippen LogP contribution in [0, 0.1) is 17.1 Å². The normalized spacial score (nSPS) is 15.9. The predicted molar refractivity (Wildman–Crippen MR) is 117 cm³/mol.